The van der Waals surface area contributed by atoms with Gasteiger partial charge in [0.1, 0.15) is 11.9 Å². The van der Waals surface area contributed by atoms with E-state index in [2.05, 4.69) is 0 Å². The zero-order valence-corrected chi connectivity index (χ0v) is 9.48. The first-order chi connectivity index (χ1) is 8.48. The van der Waals surface area contributed by atoms with Gasteiger partial charge in [-0.25, -0.2) is 0 Å². The van der Waals surface area contributed by atoms with E-state index in [1.54, 1.807) is 0 Å². The molecule has 0 amide bonds. The number of para-hydroxylation sites is 1. The molecule has 1 aliphatic rings. The van der Waals surface area contributed by atoms with Crippen molar-refractivity contribution in [1.29, 1.82) is 0 Å². The maximum Gasteiger partial charge on any atom is 0.419 e. The van der Waals surface area contributed by atoms with Gasteiger partial charge >= 0.3 is 6.18 Å². The number of aliphatic hydroxyl groups excluding tert-OH is 1. The highest BCUT2D eigenvalue weighted by molar-refractivity contribution is 5.35. The Bertz CT molecular complexity index is 406. The summed E-state index contributed by atoms with van der Waals surface area (Å²) in [5.74, 6) is -0.278. The summed E-state index contributed by atoms with van der Waals surface area (Å²) >= 11 is 0. The van der Waals surface area contributed by atoms with Crippen molar-refractivity contribution in [1.82, 2.24) is 0 Å². The van der Waals surface area contributed by atoms with E-state index in [4.69, 9.17) is 9.47 Å². The molecule has 1 aromatic rings. The van der Waals surface area contributed by atoms with Gasteiger partial charge in [0.25, 0.3) is 0 Å². The molecule has 0 radical (unpaired) electrons. The Morgan fingerprint density at radius 1 is 1.28 bits per heavy atom. The third-order valence-electron chi connectivity index (χ3n) is 2.74. The standard InChI is InChI=1S/C12H13F3O3/c13-12(14,15)8-3-1-2-4-10(8)18-11-7-17-6-5-9(11)16/h1-4,9,11,16H,5-7H2. The highest BCUT2D eigenvalue weighted by Crippen LogP contribution is 2.36. The highest BCUT2D eigenvalue weighted by atomic mass is 19.4. The zero-order chi connectivity index (χ0) is 13.2. The topological polar surface area (TPSA) is 38.7 Å². The second kappa shape index (κ2) is 5.16. The lowest BCUT2D eigenvalue weighted by Gasteiger charge is -2.29. The van der Waals surface area contributed by atoms with E-state index in [0.717, 1.165) is 6.07 Å². The summed E-state index contributed by atoms with van der Waals surface area (Å²) in [6.45, 7) is 0.481. The van der Waals surface area contributed by atoms with Crippen LogP contribution >= 0.6 is 0 Å². The van der Waals surface area contributed by atoms with Gasteiger partial charge in [0.05, 0.1) is 18.3 Å². The Labute approximate surface area is 102 Å². The fourth-order valence-corrected chi connectivity index (χ4v) is 1.78. The first-order valence-electron chi connectivity index (χ1n) is 5.57. The van der Waals surface area contributed by atoms with Crippen molar-refractivity contribution in [2.45, 2.75) is 24.8 Å². The molecule has 1 aliphatic heterocycles. The number of alkyl halides is 3. The minimum atomic E-state index is -4.48. The zero-order valence-electron chi connectivity index (χ0n) is 9.48. The molecule has 0 saturated carbocycles. The summed E-state index contributed by atoms with van der Waals surface area (Å²) in [7, 11) is 0. The van der Waals surface area contributed by atoms with E-state index in [9.17, 15) is 18.3 Å². The maximum absolute atomic E-state index is 12.7. The van der Waals surface area contributed by atoms with Crippen LogP contribution in [0.15, 0.2) is 24.3 Å². The second-order valence-corrected chi connectivity index (χ2v) is 4.08. The molecule has 0 spiro atoms. The second-order valence-electron chi connectivity index (χ2n) is 4.08. The Hall–Kier alpha value is -1.27. The van der Waals surface area contributed by atoms with Gasteiger partial charge in [-0.3, -0.25) is 0 Å². The monoisotopic (exact) mass is 262 g/mol. The van der Waals surface area contributed by atoms with Crippen molar-refractivity contribution in [2.75, 3.05) is 13.2 Å². The Morgan fingerprint density at radius 2 is 2.00 bits per heavy atom. The van der Waals surface area contributed by atoms with Gasteiger partial charge in [0, 0.05) is 13.0 Å². The predicted molar refractivity (Wildman–Crippen MR) is 57.3 cm³/mol. The third kappa shape index (κ3) is 2.94. The summed E-state index contributed by atoms with van der Waals surface area (Å²) < 4.78 is 48.5. The van der Waals surface area contributed by atoms with Crippen molar-refractivity contribution >= 4 is 0 Å². The lowest BCUT2D eigenvalue weighted by molar-refractivity contribution is -0.141. The van der Waals surface area contributed by atoms with Gasteiger partial charge in [-0.2, -0.15) is 13.2 Å². The summed E-state index contributed by atoms with van der Waals surface area (Å²) in [6, 6.07) is 4.94. The molecule has 1 saturated heterocycles. The van der Waals surface area contributed by atoms with Crippen LogP contribution in [0.25, 0.3) is 0 Å². The summed E-state index contributed by atoms with van der Waals surface area (Å²) in [4.78, 5) is 0. The molecule has 0 bridgehead atoms. The first kappa shape index (κ1) is 13.2. The molecule has 1 heterocycles. The molecule has 1 aromatic carbocycles. The third-order valence-corrected chi connectivity index (χ3v) is 2.74. The van der Waals surface area contributed by atoms with E-state index < -0.39 is 23.9 Å². The molecule has 0 aliphatic carbocycles. The summed E-state index contributed by atoms with van der Waals surface area (Å²) in [6.07, 6.45) is -5.68. The van der Waals surface area contributed by atoms with Crippen LogP contribution in [0, 0.1) is 0 Å². The van der Waals surface area contributed by atoms with E-state index in [1.807, 2.05) is 0 Å². The van der Waals surface area contributed by atoms with E-state index >= 15 is 0 Å². The van der Waals surface area contributed by atoms with Crippen molar-refractivity contribution in [3.8, 4) is 5.75 Å². The van der Waals surface area contributed by atoms with Gasteiger partial charge in [-0.15, -0.1) is 0 Å². The average molecular weight is 262 g/mol. The van der Waals surface area contributed by atoms with Crippen LogP contribution in [-0.2, 0) is 10.9 Å². The molecule has 0 aromatic heterocycles. The highest BCUT2D eigenvalue weighted by Gasteiger charge is 2.35. The van der Waals surface area contributed by atoms with Crippen LogP contribution < -0.4 is 4.74 Å². The molecule has 3 nitrogen and oxygen atoms in total. The predicted octanol–water partition coefficient (Wildman–Crippen LogP) is 2.23. The van der Waals surface area contributed by atoms with Gasteiger partial charge in [0.15, 0.2) is 0 Å². The van der Waals surface area contributed by atoms with Crippen molar-refractivity contribution in [3.63, 3.8) is 0 Å². The lowest BCUT2D eigenvalue weighted by atomic mass is 10.1. The fourth-order valence-electron chi connectivity index (χ4n) is 1.78. The van der Waals surface area contributed by atoms with Crippen molar-refractivity contribution in [2.24, 2.45) is 0 Å². The minimum absolute atomic E-state index is 0.0906. The number of rotatable bonds is 2. The maximum atomic E-state index is 12.7. The van der Waals surface area contributed by atoms with E-state index in [0.29, 0.717) is 13.0 Å². The van der Waals surface area contributed by atoms with Gasteiger partial charge in [0.2, 0.25) is 0 Å². The molecule has 1 fully saturated rings. The van der Waals surface area contributed by atoms with Crippen LogP contribution in [0.4, 0.5) is 13.2 Å². The molecular formula is C12H13F3O3. The molecule has 2 unspecified atom stereocenters. The summed E-state index contributed by atoms with van der Waals surface area (Å²) in [5, 5.41) is 9.64. The molecular weight excluding hydrogens is 249 g/mol. The van der Waals surface area contributed by atoms with Crippen LogP contribution in [0.3, 0.4) is 0 Å². The van der Waals surface area contributed by atoms with Crippen LogP contribution in [0.2, 0.25) is 0 Å². The molecule has 2 rings (SSSR count). The molecule has 1 N–H and O–H groups in total. The molecule has 100 valence electrons. The minimum Gasteiger partial charge on any atom is -0.485 e. The first-order valence-corrected chi connectivity index (χ1v) is 5.57. The van der Waals surface area contributed by atoms with E-state index in [1.165, 1.54) is 18.2 Å². The van der Waals surface area contributed by atoms with Gasteiger partial charge in [-0.05, 0) is 12.1 Å². The number of ether oxygens (including phenoxy) is 2. The van der Waals surface area contributed by atoms with Gasteiger partial charge < -0.3 is 14.6 Å². The Morgan fingerprint density at radius 3 is 2.67 bits per heavy atom. The molecule has 2 atom stereocenters. The van der Waals surface area contributed by atoms with Crippen LogP contribution in [0.5, 0.6) is 5.75 Å². The normalized spacial score (nSPS) is 24.9. The number of benzene rings is 1. The fraction of sp³-hybridized carbons (Fsp3) is 0.500. The smallest absolute Gasteiger partial charge is 0.419 e. The number of halogens is 3. The SMILES string of the molecule is OC1CCOCC1Oc1ccccc1C(F)(F)F. The molecule has 18 heavy (non-hydrogen) atoms. The van der Waals surface area contributed by atoms with Crippen LogP contribution in [-0.4, -0.2) is 30.5 Å². The molecule has 6 heteroatoms. The van der Waals surface area contributed by atoms with Gasteiger partial charge in [-0.1, -0.05) is 12.1 Å². The van der Waals surface area contributed by atoms with Crippen LogP contribution in [0.1, 0.15) is 12.0 Å². The Balaban J connectivity index is 2.18. The average Bonchev–Trinajstić information content (AvgIpc) is 2.31. The van der Waals surface area contributed by atoms with Crippen molar-refractivity contribution in [3.05, 3.63) is 29.8 Å². The van der Waals surface area contributed by atoms with Crippen molar-refractivity contribution < 1.29 is 27.8 Å². The largest absolute Gasteiger partial charge is 0.485 e. The summed E-state index contributed by atoms with van der Waals surface area (Å²) in [5.41, 5.74) is -0.845. The number of hydrogen-bond acceptors (Lipinski definition) is 3. The number of aliphatic hydroxyl groups is 1. The van der Waals surface area contributed by atoms with E-state index in [-0.39, 0.29) is 12.4 Å². The lowest BCUT2D eigenvalue weighted by Crippen LogP contribution is -2.41. The number of hydrogen-bond donors (Lipinski definition) is 1. The Kier molecular flexibility index (Phi) is 3.77. The quantitative estimate of drug-likeness (QED) is 0.888.